The summed E-state index contributed by atoms with van der Waals surface area (Å²) in [4.78, 5) is 0. The third-order valence-electron chi connectivity index (χ3n) is 3.56. The average molecular weight is 350 g/mol. The second kappa shape index (κ2) is 8.30. The van der Waals surface area contributed by atoms with Gasteiger partial charge in [-0.2, -0.15) is 0 Å². The van der Waals surface area contributed by atoms with Crippen LogP contribution in [0.5, 0.6) is 0 Å². The molecule has 1 unspecified atom stereocenters. The molecule has 0 bridgehead atoms. The second-order valence-electron chi connectivity index (χ2n) is 5.33. The molecule has 1 atom stereocenters. The van der Waals surface area contributed by atoms with Gasteiger partial charge in [-0.25, -0.2) is 4.39 Å². The van der Waals surface area contributed by atoms with Crippen LogP contribution in [0.1, 0.15) is 18.1 Å². The van der Waals surface area contributed by atoms with Gasteiger partial charge in [-0.05, 0) is 67.2 Å². The molecule has 2 aromatic rings. The second-order valence-corrected chi connectivity index (χ2v) is 6.25. The van der Waals surface area contributed by atoms with E-state index in [-0.39, 0.29) is 5.82 Å². The topological polar surface area (TPSA) is 12.0 Å². The van der Waals surface area contributed by atoms with E-state index in [1.54, 1.807) is 12.1 Å². The Morgan fingerprint density at radius 3 is 2.00 bits per heavy atom. The number of nitrogens with one attached hydrogen (secondary N) is 1. The Bertz CT molecular complexity index is 489. The zero-order valence-electron chi connectivity index (χ0n) is 12.3. The summed E-state index contributed by atoms with van der Waals surface area (Å²) in [5, 5.41) is 3.43. The van der Waals surface area contributed by atoms with E-state index in [4.69, 9.17) is 0 Å². The Balaban J connectivity index is 2.02. The predicted molar refractivity (Wildman–Crippen MR) is 90.0 cm³/mol. The van der Waals surface area contributed by atoms with Gasteiger partial charge in [0, 0.05) is 4.47 Å². The lowest BCUT2D eigenvalue weighted by Gasteiger charge is -2.18. The van der Waals surface area contributed by atoms with E-state index in [1.165, 1.54) is 11.1 Å². The number of halogens is 2. The van der Waals surface area contributed by atoms with Gasteiger partial charge >= 0.3 is 0 Å². The Morgan fingerprint density at radius 2 is 1.48 bits per heavy atom. The van der Waals surface area contributed by atoms with Crippen LogP contribution in [-0.2, 0) is 12.8 Å². The van der Waals surface area contributed by atoms with Crippen LogP contribution in [0.25, 0.3) is 0 Å². The van der Waals surface area contributed by atoms with Gasteiger partial charge in [0.15, 0.2) is 0 Å². The molecule has 21 heavy (non-hydrogen) atoms. The molecular formula is C18H21BrFN. The molecule has 0 spiro atoms. The minimum Gasteiger partial charge on any atom is -0.317 e. The summed E-state index contributed by atoms with van der Waals surface area (Å²) in [5.74, 6) is 0.339. The van der Waals surface area contributed by atoms with E-state index in [0.717, 1.165) is 30.4 Å². The molecule has 0 aromatic heterocycles. The molecule has 0 aliphatic carbocycles. The third kappa shape index (κ3) is 5.60. The van der Waals surface area contributed by atoms with E-state index in [2.05, 4.69) is 52.4 Å². The lowest BCUT2D eigenvalue weighted by Crippen LogP contribution is -2.25. The molecule has 3 heteroatoms. The molecule has 0 fully saturated rings. The normalized spacial score (nSPS) is 12.3. The molecule has 0 radical (unpaired) electrons. The minimum absolute atomic E-state index is 0.171. The smallest absolute Gasteiger partial charge is 0.123 e. The molecule has 2 aromatic carbocycles. The first-order valence-corrected chi connectivity index (χ1v) is 8.16. The molecule has 0 heterocycles. The van der Waals surface area contributed by atoms with Gasteiger partial charge in [0.2, 0.25) is 0 Å². The van der Waals surface area contributed by atoms with Crippen LogP contribution in [0.15, 0.2) is 53.0 Å². The molecule has 0 amide bonds. The molecule has 0 saturated heterocycles. The highest BCUT2D eigenvalue weighted by Crippen LogP contribution is 2.17. The minimum atomic E-state index is -0.171. The van der Waals surface area contributed by atoms with Crippen molar-refractivity contribution in [2.75, 3.05) is 13.1 Å². The van der Waals surface area contributed by atoms with Crippen molar-refractivity contribution in [2.24, 2.45) is 5.92 Å². The maximum atomic E-state index is 13.0. The van der Waals surface area contributed by atoms with Crippen LogP contribution >= 0.6 is 15.9 Å². The standard InChI is InChI=1S/C18H21BrFN/c1-2-21-13-16(11-14-3-7-17(19)8-4-14)12-15-5-9-18(20)10-6-15/h3-10,16,21H,2,11-13H2,1H3. The van der Waals surface area contributed by atoms with Crippen molar-refractivity contribution in [2.45, 2.75) is 19.8 Å². The van der Waals surface area contributed by atoms with Gasteiger partial charge in [-0.15, -0.1) is 0 Å². The molecular weight excluding hydrogens is 329 g/mol. The first-order chi connectivity index (χ1) is 10.2. The Kier molecular flexibility index (Phi) is 6.40. The van der Waals surface area contributed by atoms with E-state index in [1.807, 2.05) is 12.1 Å². The van der Waals surface area contributed by atoms with Crippen molar-refractivity contribution < 1.29 is 4.39 Å². The Hall–Kier alpha value is -1.19. The molecule has 0 aliphatic heterocycles. The summed E-state index contributed by atoms with van der Waals surface area (Å²) >= 11 is 3.47. The fourth-order valence-electron chi connectivity index (χ4n) is 2.47. The Labute approximate surface area is 134 Å². The van der Waals surface area contributed by atoms with Gasteiger partial charge in [0.1, 0.15) is 5.82 Å². The van der Waals surface area contributed by atoms with E-state index in [9.17, 15) is 4.39 Å². The fourth-order valence-corrected chi connectivity index (χ4v) is 2.74. The zero-order valence-corrected chi connectivity index (χ0v) is 13.9. The number of hydrogen-bond acceptors (Lipinski definition) is 1. The monoisotopic (exact) mass is 349 g/mol. The first kappa shape index (κ1) is 16.2. The lowest BCUT2D eigenvalue weighted by molar-refractivity contribution is 0.478. The maximum Gasteiger partial charge on any atom is 0.123 e. The fraction of sp³-hybridized carbons (Fsp3) is 0.333. The van der Waals surface area contributed by atoms with E-state index >= 15 is 0 Å². The summed E-state index contributed by atoms with van der Waals surface area (Å²) in [6, 6.07) is 15.3. The summed E-state index contributed by atoms with van der Waals surface area (Å²) in [6.07, 6.45) is 1.99. The number of hydrogen-bond donors (Lipinski definition) is 1. The van der Waals surface area contributed by atoms with Crippen LogP contribution in [0.4, 0.5) is 4.39 Å². The van der Waals surface area contributed by atoms with Crippen molar-refractivity contribution in [1.29, 1.82) is 0 Å². The first-order valence-electron chi connectivity index (χ1n) is 7.37. The predicted octanol–water partition coefficient (Wildman–Crippen LogP) is 4.60. The summed E-state index contributed by atoms with van der Waals surface area (Å²) in [6.45, 7) is 4.07. The van der Waals surface area contributed by atoms with Crippen molar-refractivity contribution in [3.63, 3.8) is 0 Å². The van der Waals surface area contributed by atoms with Crippen LogP contribution in [0.3, 0.4) is 0 Å². The van der Waals surface area contributed by atoms with E-state index < -0.39 is 0 Å². The SMILES string of the molecule is CCNCC(Cc1ccc(F)cc1)Cc1ccc(Br)cc1. The van der Waals surface area contributed by atoms with Gasteiger partial charge in [-0.3, -0.25) is 0 Å². The Morgan fingerprint density at radius 1 is 0.952 bits per heavy atom. The summed E-state index contributed by atoms with van der Waals surface area (Å²) < 4.78 is 14.1. The summed E-state index contributed by atoms with van der Waals surface area (Å²) in [7, 11) is 0. The molecule has 112 valence electrons. The van der Waals surface area contributed by atoms with Gasteiger partial charge in [-0.1, -0.05) is 47.1 Å². The van der Waals surface area contributed by atoms with Crippen LogP contribution in [-0.4, -0.2) is 13.1 Å². The van der Waals surface area contributed by atoms with Crippen LogP contribution < -0.4 is 5.32 Å². The van der Waals surface area contributed by atoms with Gasteiger partial charge in [0.25, 0.3) is 0 Å². The molecule has 0 saturated carbocycles. The lowest BCUT2D eigenvalue weighted by atomic mass is 9.92. The van der Waals surface area contributed by atoms with Gasteiger partial charge < -0.3 is 5.32 Å². The third-order valence-corrected chi connectivity index (χ3v) is 4.09. The highest BCUT2D eigenvalue weighted by Gasteiger charge is 2.11. The highest BCUT2D eigenvalue weighted by molar-refractivity contribution is 9.10. The molecule has 0 aliphatic rings. The zero-order chi connectivity index (χ0) is 15.1. The quantitative estimate of drug-likeness (QED) is 0.770. The highest BCUT2D eigenvalue weighted by atomic mass is 79.9. The number of rotatable bonds is 7. The molecule has 1 nitrogen and oxygen atoms in total. The van der Waals surface area contributed by atoms with Crippen LogP contribution in [0.2, 0.25) is 0 Å². The number of benzene rings is 2. The van der Waals surface area contributed by atoms with Crippen molar-refractivity contribution in [3.8, 4) is 0 Å². The van der Waals surface area contributed by atoms with Crippen LogP contribution in [0, 0.1) is 11.7 Å². The van der Waals surface area contributed by atoms with E-state index in [0.29, 0.717) is 5.92 Å². The summed E-state index contributed by atoms with van der Waals surface area (Å²) in [5.41, 5.74) is 2.53. The average Bonchev–Trinajstić information content (AvgIpc) is 2.49. The maximum absolute atomic E-state index is 13.0. The molecule has 1 N–H and O–H groups in total. The van der Waals surface area contributed by atoms with Crippen molar-refractivity contribution >= 4 is 15.9 Å². The van der Waals surface area contributed by atoms with Crippen molar-refractivity contribution in [1.82, 2.24) is 5.32 Å². The van der Waals surface area contributed by atoms with Gasteiger partial charge in [0.05, 0.1) is 0 Å². The largest absolute Gasteiger partial charge is 0.317 e. The molecule has 2 rings (SSSR count). The van der Waals surface area contributed by atoms with Crippen molar-refractivity contribution in [3.05, 3.63) is 69.9 Å².